The number of nitrogens with one attached hydrogen (secondary N) is 1. The maximum absolute atomic E-state index is 14.2. The Balaban J connectivity index is 1.57. The van der Waals surface area contributed by atoms with Crippen molar-refractivity contribution >= 4 is 21.7 Å². The summed E-state index contributed by atoms with van der Waals surface area (Å²) in [6.07, 6.45) is -4.72. The van der Waals surface area contributed by atoms with Crippen LogP contribution in [0.2, 0.25) is 0 Å². The number of fused-ring (bicyclic) bond motifs is 1. The minimum atomic E-state index is -5.02. The second-order valence-electron chi connectivity index (χ2n) is 10.6. The van der Waals surface area contributed by atoms with Gasteiger partial charge in [-0.15, -0.1) is 0 Å². The van der Waals surface area contributed by atoms with Gasteiger partial charge in [-0.25, -0.2) is 21.6 Å². The van der Waals surface area contributed by atoms with Crippen LogP contribution < -0.4 is 15.8 Å². The van der Waals surface area contributed by atoms with Gasteiger partial charge in [0.05, 0.1) is 22.6 Å². The molecule has 0 fully saturated rings. The van der Waals surface area contributed by atoms with Crippen LogP contribution in [0.15, 0.2) is 54.7 Å². The Morgan fingerprint density at radius 2 is 1.78 bits per heavy atom. The summed E-state index contributed by atoms with van der Waals surface area (Å²) in [5, 5.41) is 19.2. The number of nitrogens with zero attached hydrogens (tertiary/aromatic N) is 3. The highest BCUT2D eigenvalue weighted by atomic mass is 32.2. The molecular formula is C29H23F6N5O5S. The van der Waals surface area contributed by atoms with Gasteiger partial charge in [-0.05, 0) is 41.5 Å². The average molecular weight is 668 g/mol. The molecule has 0 radical (unpaired) electrons. The molecule has 5 rings (SSSR count). The van der Waals surface area contributed by atoms with E-state index >= 15 is 0 Å². The second kappa shape index (κ2) is 12.1. The highest BCUT2D eigenvalue weighted by molar-refractivity contribution is 7.90. The summed E-state index contributed by atoms with van der Waals surface area (Å²) in [5.74, 6) is -6.36. The largest absolute Gasteiger partial charge is 0.618 e. The molecule has 2 amide bonds. The van der Waals surface area contributed by atoms with Crippen LogP contribution in [-0.2, 0) is 45.9 Å². The summed E-state index contributed by atoms with van der Waals surface area (Å²) < 4.78 is 109. The van der Waals surface area contributed by atoms with E-state index in [1.54, 1.807) is 0 Å². The lowest BCUT2D eigenvalue weighted by Gasteiger charge is -2.22. The Kier molecular flexibility index (Phi) is 8.55. The number of primary amides is 1. The minimum Gasteiger partial charge on any atom is -0.618 e. The van der Waals surface area contributed by atoms with Crippen LogP contribution in [0, 0.1) is 22.7 Å². The van der Waals surface area contributed by atoms with E-state index in [2.05, 4.69) is 10.4 Å². The van der Waals surface area contributed by atoms with Gasteiger partial charge >= 0.3 is 6.18 Å². The van der Waals surface area contributed by atoms with E-state index in [1.165, 1.54) is 18.2 Å². The van der Waals surface area contributed by atoms with Crippen molar-refractivity contribution in [2.75, 3.05) is 5.75 Å². The highest BCUT2D eigenvalue weighted by Crippen LogP contribution is 2.36. The van der Waals surface area contributed by atoms with E-state index in [9.17, 15) is 49.6 Å². The van der Waals surface area contributed by atoms with E-state index < -0.39 is 92.6 Å². The fourth-order valence-corrected chi connectivity index (χ4v) is 6.79. The van der Waals surface area contributed by atoms with Crippen molar-refractivity contribution in [1.29, 1.82) is 0 Å². The lowest BCUT2D eigenvalue weighted by molar-refractivity contribution is -0.615. The molecule has 2 aromatic heterocycles. The van der Waals surface area contributed by atoms with Crippen LogP contribution in [0.1, 0.15) is 44.6 Å². The van der Waals surface area contributed by atoms with Gasteiger partial charge in [-0.3, -0.25) is 14.3 Å². The number of hydrogen-bond acceptors (Lipinski definition) is 6. The molecule has 4 aromatic rings. The van der Waals surface area contributed by atoms with Crippen LogP contribution in [0.3, 0.4) is 0 Å². The number of aromatic nitrogens is 3. The van der Waals surface area contributed by atoms with E-state index in [4.69, 9.17) is 5.73 Å². The van der Waals surface area contributed by atoms with Crippen LogP contribution in [0.5, 0.6) is 0 Å². The van der Waals surface area contributed by atoms with Gasteiger partial charge in [-0.2, -0.15) is 23.0 Å². The number of halogens is 6. The molecule has 10 nitrogen and oxygen atoms in total. The molecule has 46 heavy (non-hydrogen) atoms. The number of amides is 2. The summed E-state index contributed by atoms with van der Waals surface area (Å²) in [5.41, 5.74) is 2.55. The fourth-order valence-electron chi connectivity index (χ4n) is 5.39. The van der Waals surface area contributed by atoms with Gasteiger partial charge in [0.15, 0.2) is 21.7 Å². The quantitative estimate of drug-likeness (QED) is 0.167. The monoisotopic (exact) mass is 667 g/mol. The average Bonchev–Trinajstić information content (AvgIpc) is 3.28. The number of carbonyl (C=O) groups excluding carboxylic acids is 2. The molecule has 0 bridgehead atoms. The van der Waals surface area contributed by atoms with E-state index in [1.807, 2.05) is 0 Å². The van der Waals surface area contributed by atoms with E-state index in [0.29, 0.717) is 10.8 Å². The highest BCUT2D eigenvalue weighted by Gasteiger charge is 2.42. The predicted octanol–water partition coefficient (Wildman–Crippen LogP) is 3.29. The summed E-state index contributed by atoms with van der Waals surface area (Å²) in [7, 11) is -3.84. The normalized spacial score (nSPS) is 14.8. The maximum atomic E-state index is 14.2. The molecule has 242 valence electrons. The molecule has 3 heterocycles. The summed E-state index contributed by atoms with van der Waals surface area (Å²) in [6.45, 7) is -0.837. The summed E-state index contributed by atoms with van der Waals surface area (Å²) >= 11 is 0. The van der Waals surface area contributed by atoms with Crippen molar-refractivity contribution in [2.45, 2.75) is 37.4 Å². The van der Waals surface area contributed by atoms with Crippen molar-refractivity contribution in [3.8, 4) is 11.1 Å². The van der Waals surface area contributed by atoms with Gasteiger partial charge in [0, 0.05) is 36.2 Å². The molecule has 0 saturated heterocycles. The maximum Gasteiger partial charge on any atom is 0.435 e. The van der Waals surface area contributed by atoms with E-state index in [-0.39, 0.29) is 34.5 Å². The molecule has 1 aliphatic heterocycles. The first-order chi connectivity index (χ1) is 21.5. The Hall–Kier alpha value is -4.93. The van der Waals surface area contributed by atoms with Crippen molar-refractivity contribution < 1.29 is 49.1 Å². The number of pyridine rings is 1. The fraction of sp³-hybridized carbons (Fsp3) is 0.241. The van der Waals surface area contributed by atoms with E-state index in [0.717, 1.165) is 35.1 Å². The number of carbonyl (C=O) groups is 2. The molecule has 1 atom stereocenters. The molecule has 0 spiro atoms. The Labute approximate surface area is 256 Å². The van der Waals surface area contributed by atoms with Crippen LogP contribution >= 0.6 is 0 Å². The van der Waals surface area contributed by atoms with Crippen molar-refractivity contribution in [3.05, 3.63) is 111 Å². The SMILES string of the molecule is NC(=O)c1cc(-c2ccc[n+]([O-])c2[C@H](Cc2cc(F)cc(F)c2)NC(=O)Cn2nc(C(F)(F)F)c3c2CCS(=O)(=O)C3)ccc1F. The first kappa shape index (κ1) is 32.5. The number of rotatable bonds is 8. The Morgan fingerprint density at radius 1 is 1.09 bits per heavy atom. The minimum absolute atomic E-state index is 0.0180. The lowest BCUT2D eigenvalue weighted by atomic mass is 9.94. The van der Waals surface area contributed by atoms with Gasteiger partial charge in [0.1, 0.15) is 30.0 Å². The standard InChI is InChI=1S/C29H23F6N5O5S/c30-17-8-15(9-18(31)12-17)10-23(26-19(2-1-6-40(26)43)16-3-4-22(32)20(11-16)28(36)42)37-25(41)13-39-24-5-7-46(44,45)14-21(24)27(38-39)29(33,34)35/h1-4,6,8-9,11-12,23H,5,7,10,13-14H2,(H2,36,42)(H,37,41)/t23-/m0/s1. The molecular weight excluding hydrogens is 644 g/mol. The zero-order chi connectivity index (χ0) is 33.6. The molecule has 0 aliphatic carbocycles. The van der Waals surface area contributed by atoms with Gasteiger partial charge in [0.2, 0.25) is 11.6 Å². The van der Waals surface area contributed by atoms with Crippen molar-refractivity contribution in [1.82, 2.24) is 15.1 Å². The third kappa shape index (κ3) is 6.83. The summed E-state index contributed by atoms with van der Waals surface area (Å²) in [4.78, 5) is 25.2. The van der Waals surface area contributed by atoms with Crippen molar-refractivity contribution in [2.24, 2.45) is 5.73 Å². The second-order valence-corrected chi connectivity index (χ2v) is 12.7. The molecule has 0 saturated carbocycles. The third-order valence-corrected chi connectivity index (χ3v) is 8.87. The number of nitrogens with two attached hydrogens (primary N) is 1. The van der Waals surface area contributed by atoms with Gasteiger partial charge < -0.3 is 16.3 Å². The third-order valence-electron chi connectivity index (χ3n) is 7.31. The molecule has 1 aliphatic rings. The predicted molar refractivity (Wildman–Crippen MR) is 149 cm³/mol. The zero-order valence-electron chi connectivity index (χ0n) is 23.4. The number of hydrogen-bond donors (Lipinski definition) is 2. The van der Waals surface area contributed by atoms with Gasteiger partial charge in [-0.1, -0.05) is 6.07 Å². The first-order valence-electron chi connectivity index (χ1n) is 13.4. The lowest BCUT2D eigenvalue weighted by Crippen LogP contribution is -2.42. The van der Waals surface area contributed by atoms with Gasteiger partial charge in [0.25, 0.3) is 5.91 Å². The smallest absolute Gasteiger partial charge is 0.435 e. The molecule has 3 N–H and O–H groups in total. The topological polar surface area (TPSA) is 151 Å². The number of sulfone groups is 1. The Morgan fingerprint density at radius 3 is 2.43 bits per heavy atom. The number of benzene rings is 2. The zero-order valence-corrected chi connectivity index (χ0v) is 24.3. The number of alkyl halides is 3. The first-order valence-corrected chi connectivity index (χ1v) is 15.3. The summed E-state index contributed by atoms with van der Waals surface area (Å²) in [6, 6.07) is 7.02. The molecule has 17 heteroatoms. The Bertz CT molecular complexity index is 1960. The van der Waals surface area contributed by atoms with Crippen LogP contribution in [0.4, 0.5) is 26.3 Å². The van der Waals surface area contributed by atoms with Crippen LogP contribution in [-0.4, -0.2) is 35.8 Å². The molecule has 0 unspecified atom stereocenters. The van der Waals surface area contributed by atoms with Crippen molar-refractivity contribution in [3.63, 3.8) is 0 Å². The van der Waals surface area contributed by atoms with Crippen LogP contribution in [0.25, 0.3) is 11.1 Å². The molecule has 2 aromatic carbocycles.